The van der Waals surface area contributed by atoms with Gasteiger partial charge in [0.2, 0.25) is 11.8 Å². The van der Waals surface area contributed by atoms with E-state index in [2.05, 4.69) is 5.32 Å². The minimum absolute atomic E-state index is 0.0110. The summed E-state index contributed by atoms with van der Waals surface area (Å²) in [5.74, 6) is 0.614. The third-order valence-corrected chi connectivity index (χ3v) is 4.73. The lowest BCUT2D eigenvalue weighted by molar-refractivity contribution is -0.133. The van der Waals surface area contributed by atoms with E-state index >= 15 is 0 Å². The van der Waals surface area contributed by atoms with Crippen molar-refractivity contribution in [2.24, 2.45) is 11.8 Å². The van der Waals surface area contributed by atoms with Gasteiger partial charge < -0.3 is 15.0 Å². The normalized spacial score (nSPS) is 34.4. The first-order valence-corrected chi connectivity index (χ1v) is 7.84. The van der Waals surface area contributed by atoms with E-state index in [4.69, 9.17) is 4.74 Å². The SMILES string of the molecule is C[C@@H]1OCCC[C@@H]1C(=O)NC[C@H]1CC(=O)N(C2CC2)C1. The average molecular weight is 280 g/mol. The van der Waals surface area contributed by atoms with Crippen molar-refractivity contribution in [3.63, 3.8) is 0 Å². The molecular weight excluding hydrogens is 256 g/mol. The molecule has 2 aliphatic heterocycles. The summed E-state index contributed by atoms with van der Waals surface area (Å²) in [6, 6.07) is 0.495. The van der Waals surface area contributed by atoms with Gasteiger partial charge in [-0.1, -0.05) is 0 Å². The predicted molar refractivity (Wildman–Crippen MR) is 74.0 cm³/mol. The van der Waals surface area contributed by atoms with Crippen LogP contribution in [0.2, 0.25) is 0 Å². The Hall–Kier alpha value is -1.10. The molecule has 2 heterocycles. The summed E-state index contributed by atoms with van der Waals surface area (Å²) in [7, 11) is 0. The van der Waals surface area contributed by atoms with Crippen molar-refractivity contribution < 1.29 is 14.3 Å². The minimum Gasteiger partial charge on any atom is -0.378 e. The molecule has 2 saturated heterocycles. The molecule has 0 radical (unpaired) electrons. The second kappa shape index (κ2) is 5.72. The van der Waals surface area contributed by atoms with Crippen LogP contribution in [0.5, 0.6) is 0 Å². The summed E-state index contributed by atoms with van der Waals surface area (Å²) < 4.78 is 5.53. The molecule has 1 saturated carbocycles. The minimum atomic E-state index is -0.0274. The quantitative estimate of drug-likeness (QED) is 0.833. The van der Waals surface area contributed by atoms with Gasteiger partial charge in [0.25, 0.3) is 0 Å². The molecule has 3 aliphatic rings. The van der Waals surface area contributed by atoms with E-state index in [1.165, 1.54) is 0 Å². The molecule has 3 rings (SSSR count). The molecule has 0 unspecified atom stereocenters. The van der Waals surface area contributed by atoms with Gasteiger partial charge in [-0.05, 0) is 32.6 Å². The van der Waals surface area contributed by atoms with Crippen LogP contribution in [0, 0.1) is 11.8 Å². The largest absolute Gasteiger partial charge is 0.378 e. The molecule has 1 aliphatic carbocycles. The van der Waals surface area contributed by atoms with Crippen LogP contribution >= 0.6 is 0 Å². The molecule has 0 bridgehead atoms. The van der Waals surface area contributed by atoms with Gasteiger partial charge in [0.15, 0.2) is 0 Å². The molecule has 2 amide bonds. The van der Waals surface area contributed by atoms with Crippen LogP contribution in [-0.4, -0.2) is 48.6 Å². The van der Waals surface area contributed by atoms with E-state index < -0.39 is 0 Å². The molecule has 0 aromatic heterocycles. The third-order valence-electron chi connectivity index (χ3n) is 4.73. The van der Waals surface area contributed by atoms with Crippen molar-refractivity contribution in [3.8, 4) is 0 Å². The summed E-state index contributed by atoms with van der Waals surface area (Å²) in [4.78, 5) is 26.0. The van der Waals surface area contributed by atoms with E-state index in [-0.39, 0.29) is 29.8 Å². The zero-order chi connectivity index (χ0) is 14.1. The van der Waals surface area contributed by atoms with Crippen LogP contribution in [0.25, 0.3) is 0 Å². The summed E-state index contributed by atoms with van der Waals surface area (Å²) in [5.41, 5.74) is 0. The van der Waals surface area contributed by atoms with E-state index in [0.29, 0.717) is 19.0 Å². The molecule has 5 nitrogen and oxygen atoms in total. The van der Waals surface area contributed by atoms with Gasteiger partial charge in [-0.3, -0.25) is 9.59 Å². The highest BCUT2D eigenvalue weighted by atomic mass is 16.5. The molecule has 5 heteroatoms. The number of carbonyl (C=O) groups excluding carboxylic acids is 2. The summed E-state index contributed by atoms with van der Waals surface area (Å²) >= 11 is 0. The van der Waals surface area contributed by atoms with Gasteiger partial charge >= 0.3 is 0 Å². The zero-order valence-electron chi connectivity index (χ0n) is 12.1. The fourth-order valence-electron chi connectivity index (χ4n) is 3.33. The van der Waals surface area contributed by atoms with Gasteiger partial charge in [0.05, 0.1) is 12.0 Å². The first-order chi connectivity index (χ1) is 9.65. The molecule has 1 N–H and O–H groups in total. The number of nitrogens with one attached hydrogen (secondary N) is 1. The lowest BCUT2D eigenvalue weighted by Crippen LogP contribution is -2.42. The van der Waals surface area contributed by atoms with Gasteiger partial charge in [0.1, 0.15) is 0 Å². The highest BCUT2D eigenvalue weighted by molar-refractivity contribution is 5.81. The van der Waals surface area contributed by atoms with Crippen molar-refractivity contribution >= 4 is 11.8 Å². The smallest absolute Gasteiger partial charge is 0.225 e. The Bertz CT molecular complexity index is 395. The van der Waals surface area contributed by atoms with Crippen LogP contribution in [0.15, 0.2) is 0 Å². The van der Waals surface area contributed by atoms with Gasteiger partial charge in [0, 0.05) is 38.1 Å². The predicted octanol–water partition coefficient (Wildman–Crippen LogP) is 0.929. The number of rotatable bonds is 4. The lowest BCUT2D eigenvalue weighted by Gasteiger charge is -2.28. The number of carbonyl (C=O) groups is 2. The van der Waals surface area contributed by atoms with Gasteiger partial charge in [-0.15, -0.1) is 0 Å². The van der Waals surface area contributed by atoms with Crippen LogP contribution < -0.4 is 5.32 Å². The number of hydrogen-bond acceptors (Lipinski definition) is 3. The highest BCUT2D eigenvalue weighted by Gasteiger charge is 2.39. The number of ether oxygens (including phenoxy) is 1. The van der Waals surface area contributed by atoms with E-state index in [0.717, 1.165) is 38.8 Å². The van der Waals surface area contributed by atoms with Crippen molar-refractivity contribution in [1.82, 2.24) is 10.2 Å². The molecule has 3 atom stereocenters. The first-order valence-electron chi connectivity index (χ1n) is 7.84. The number of hydrogen-bond donors (Lipinski definition) is 1. The Morgan fingerprint density at radius 2 is 2.20 bits per heavy atom. The van der Waals surface area contributed by atoms with Crippen LogP contribution in [0.1, 0.15) is 39.0 Å². The zero-order valence-corrected chi connectivity index (χ0v) is 12.1. The molecule has 0 aromatic rings. The van der Waals surface area contributed by atoms with E-state index in [1.807, 2.05) is 11.8 Å². The Kier molecular flexibility index (Phi) is 3.96. The highest BCUT2D eigenvalue weighted by Crippen LogP contribution is 2.32. The molecule has 3 fully saturated rings. The van der Waals surface area contributed by atoms with E-state index in [1.54, 1.807) is 0 Å². The van der Waals surface area contributed by atoms with Crippen molar-refractivity contribution in [1.29, 1.82) is 0 Å². The molecule has 0 spiro atoms. The number of likely N-dealkylation sites (tertiary alicyclic amines) is 1. The van der Waals surface area contributed by atoms with Gasteiger partial charge in [-0.25, -0.2) is 0 Å². The van der Waals surface area contributed by atoms with Crippen LogP contribution in [0.3, 0.4) is 0 Å². The van der Waals surface area contributed by atoms with Crippen LogP contribution in [-0.2, 0) is 14.3 Å². The molecular formula is C15H24N2O3. The number of amides is 2. The Balaban J connectivity index is 1.45. The third kappa shape index (κ3) is 2.97. The first kappa shape index (κ1) is 13.9. The number of nitrogens with zero attached hydrogens (tertiary/aromatic N) is 1. The molecule has 112 valence electrons. The second-order valence-corrected chi connectivity index (χ2v) is 6.42. The summed E-state index contributed by atoms with van der Waals surface area (Å²) in [6.45, 7) is 4.17. The summed E-state index contributed by atoms with van der Waals surface area (Å²) in [6.07, 6.45) is 4.78. The standard InChI is InChI=1S/C15H24N2O3/c1-10-13(3-2-6-20-10)15(19)16-8-11-7-14(18)17(9-11)12-4-5-12/h10-13H,2-9H2,1H3,(H,16,19)/t10-,11+,13-/m0/s1. The topological polar surface area (TPSA) is 58.6 Å². The second-order valence-electron chi connectivity index (χ2n) is 6.42. The maximum Gasteiger partial charge on any atom is 0.225 e. The van der Waals surface area contributed by atoms with Crippen molar-refractivity contribution in [3.05, 3.63) is 0 Å². The van der Waals surface area contributed by atoms with Crippen LogP contribution in [0.4, 0.5) is 0 Å². The van der Waals surface area contributed by atoms with Crippen molar-refractivity contribution in [2.75, 3.05) is 19.7 Å². The maximum atomic E-state index is 12.2. The van der Waals surface area contributed by atoms with Crippen molar-refractivity contribution in [2.45, 2.75) is 51.2 Å². The Labute approximate surface area is 120 Å². The Morgan fingerprint density at radius 1 is 1.40 bits per heavy atom. The van der Waals surface area contributed by atoms with Gasteiger partial charge in [-0.2, -0.15) is 0 Å². The fraction of sp³-hybridized carbons (Fsp3) is 0.867. The average Bonchev–Trinajstić information content (AvgIpc) is 3.20. The lowest BCUT2D eigenvalue weighted by atomic mass is 9.94. The Morgan fingerprint density at radius 3 is 2.90 bits per heavy atom. The monoisotopic (exact) mass is 280 g/mol. The van der Waals surface area contributed by atoms with E-state index in [9.17, 15) is 9.59 Å². The maximum absolute atomic E-state index is 12.2. The fourth-order valence-corrected chi connectivity index (χ4v) is 3.33. The molecule has 20 heavy (non-hydrogen) atoms. The molecule has 0 aromatic carbocycles. The summed E-state index contributed by atoms with van der Waals surface area (Å²) in [5, 5.41) is 3.03.